The molecule has 3 N–H and O–H groups in total. The van der Waals surface area contributed by atoms with Crippen LogP contribution in [0, 0.1) is 0 Å². The summed E-state index contributed by atoms with van der Waals surface area (Å²) >= 11 is 0. The molecule has 4 aromatic rings. The van der Waals surface area contributed by atoms with E-state index >= 15 is 0 Å². The van der Waals surface area contributed by atoms with Crippen LogP contribution in [0.3, 0.4) is 0 Å². The summed E-state index contributed by atoms with van der Waals surface area (Å²) in [4.78, 5) is 23.7. The van der Waals surface area contributed by atoms with Crippen LogP contribution in [0.15, 0.2) is 66.7 Å². The monoisotopic (exact) mass is 382 g/mol. The Kier molecular flexibility index (Phi) is 3.91. The van der Waals surface area contributed by atoms with Crippen molar-refractivity contribution in [1.29, 1.82) is 0 Å². The minimum atomic E-state index is -0.173. The van der Waals surface area contributed by atoms with Crippen LogP contribution in [-0.4, -0.2) is 25.9 Å². The second kappa shape index (κ2) is 6.60. The molecule has 0 spiro atoms. The zero-order valence-electron chi connectivity index (χ0n) is 15.5. The molecule has 1 aromatic heterocycles. The van der Waals surface area contributed by atoms with Crippen molar-refractivity contribution >= 4 is 22.8 Å². The van der Waals surface area contributed by atoms with Gasteiger partial charge in [-0.3, -0.25) is 4.79 Å². The van der Waals surface area contributed by atoms with Crippen LogP contribution >= 0.6 is 0 Å². The average molecular weight is 382 g/mol. The quantitative estimate of drug-likeness (QED) is 0.551. The van der Waals surface area contributed by atoms with Gasteiger partial charge in [-0.1, -0.05) is 42.5 Å². The zero-order chi connectivity index (χ0) is 20.0. The molecule has 0 aliphatic carbocycles. The Labute approximate surface area is 167 Å². The molecule has 6 nitrogen and oxygen atoms in total. The highest BCUT2D eigenvalue weighted by Crippen LogP contribution is 2.30. The van der Waals surface area contributed by atoms with Crippen LogP contribution in [0.4, 0.5) is 5.95 Å². The standard InChI is InChI=1S/C23H18N4O2/c24-23-25-20-9-8-15(14-6-3-7-18(28)10-14)11-19(20)21(26-23)22(29)27-12-16-4-1-2-5-17(16)13-27/h1-11,28H,12-13H2,(H2,24,25,26). The molecule has 0 bridgehead atoms. The van der Waals surface area contributed by atoms with E-state index in [1.807, 2.05) is 48.5 Å². The molecule has 0 saturated carbocycles. The molecule has 1 aliphatic heterocycles. The molecule has 0 unspecified atom stereocenters. The molecule has 6 heteroatoms. The number of hydrogen-bond donors (Lipinski definition) is 2. The highest BCUT2D eigenvalue weighted by molar-refractivity contribution is 6.05. The van der Waals surface area contributed by atoms with Crippen LogP contribution in [-0.2, 0) is 13.1 Å². The van der Waals surface area contributed by atoms with E-state index in [1.54, 1.807) is 23.1 Å². The van der Waals surface area contributed by atoms with Crippen molar-refractivity contribution in [2.75, 3.05) is 5.73 Å². The Bertz CT molecular complexity index is 1240. The predicted octanol–water partition coefficient (Wildman–Crippen LogP) is 3.74. The summed E-state index contributed by atoms with van der Waals surface area (Å²) in [7, 11) is 0. The number of carbonyl (C=O) groups excluding carboxylic acids is 1. The van der Waals surface area contributed by atoms with Crippen molar-refractivity contribution in [3.63, 3.8) is 0 Å². The number of hydrogen-bond acceptors (Lipinski definition) is 5. The van der Waals surface area contributed by atoms with Crippen LogP contribution in [0.5, 0.6) is 5.75 Å². The normalized spacial score (nSPS) is 12.9. The van der Waals surface area contributed by atoms with E-state index in [0.717, 1.165) is 22.3 Å². The first-order chi connectivity index (χ1) is 14.1. The first-order valence-corrected chi connectivity index (χ1v) is 9.31. The molecule has 0 radical (unpaired) electrons. The fraction of sp³-hybridized carbons (Fsp3) is 0.0870. The smallest absolute Gasteiger partial charge is 0.273 e. The van der Waals surface area contributed by atoms with Crippen molar-refractivity contribution in [3.8, 4) is 16.9 Å². The number of amides is 1. The van der Waals surface area contributed by atoms with Crippen molar-refractivity contribution in [1.82, 2.24) is 14.9 Å². The molecule has 1 aliphatic rings. The molecule has 5 rings (SSSR count). The van der Waals surface area contributed by atoms with E-state index in [0.29, 0.717) is 29.7 Å². The summed E-state index contributed by atoms with van der Waals surface area (Å²) in [6.45, 7) is 1.10. The van der Waals surface area contributed by atoms with Crippen LogP contribution < -0.4 is 5.73 Å². The summed E-state index contributed by atoms with van der Waals surface area (Å²) in [5.41, 5.74) is 10.8. The molecule has 0 saturated heterocycles. The lowest BCUT2D eigenvalue weighted by molar-refractivity contribution is 0.0747. The Morgan fingerprint density at radius 3 is 2.34 bits per heavy atom. The van der Waals surface area contributed by atoms with Crippen molar-refractivity contribution < 1.29 is 9.90 Å². The van der Waals surface area contributed by atoms with Crippen LogP contribution in [0.25, 0.3) is 22.0 Å². The molecule has 2 heterocycles. The number of nitrogens with two attached hydrogens (primary N) is 1. The van der Waals surface area contributed by atoms with Gasteiger partial charge in [-0.05, 0) is 46.5 Å². The number of benzene rings is 3. The lowest BCUT2D eigenvalue weighted by Gasteiger charge is -2.16. The molecule has 1 amide bonds. The number of aromatic hydroxyl groups is 1. The number of phenols is 1. The maximum Gasteiger partial charge on any atom is 0.273 e. The van der Waals surface area contributed by atoms with Gasteiger partial charge < -0.3 is 15.7 Å². The van der Waals surface area contributed by atoms with Gasteiger partial charge in [-0.25, -0.2) is 9.97 Å². The van der Waals surface area contributed by atoms with E-state index in [9.17, 15) is 9.90 Å². The van der Waals surface area contributed by atoms with Crippen molar-refractivity contribution in [2.24, 2.45) is 0 Å². The van der Waals surface area contributed by atoms with Crippen molar-refractivity contribution in [3.05, 3.63) is 83.6 Å². The Morgan fingerprint density at radius 2 is 1.62 bits per heavy atom. The third kappa shape index (κ3) is 3.04. The van der Waals surface area contributed by atoms with Gasteiger partial charge >= 0.3 is 0 Å². The minimum absolute atomic E-state index is 0.0719. The van der Waals surface area contributed by atoms with Gasteiger partial charge in [0.05, 0.1) is 5.52 Å². The number of aromatic nitrogens is 2. The van der Waals surface area contributed by atoms with Crippen LogP contribution in [0.1, 0.15) is 21.6 Å². The molecular weight excluding hydrogens is 364 g/mol. The number of anilines is 1. The molecule has 29 heavy (non-hydrogen) atoms. The molecule has 0 fully saturated rings. The van der Waals surface area contributed by atoms with Gasteiger partial charge in [0.25, 0.3) is 5.91 Å². The van der Waals surface area contributed by atoms with Gasteiger partial charge in [0.1, 0.15) is 11.4 Å². The Hall–Kier alpha value is -3.93. The fourth-order valence-corrected chi connectivity index (χ4v) is 3.80. The highest BCUT2D eigenvalue weighted by Gasteiger charge is 2.26. The molecular formula is C23H18N4O2. The minimum Gasteiger partial charge on any atom is -0.508 e. The number of nitrogens with zero attached hydrogens (tertiary/aromatic N) is 3. The molecule has 3 aromatic carbocycles. The lowest BCUT2D eigenvalue weighted by Crippen LogP contribution is -2.27. The van der Waals surface area contributed by atoms with Gasteiger partial charge in [0.15, 0.2) is 0 Å². The third-order valence-electron chi connectivity index (χ3n) is 5.22. The van der Waals surface area contributed by atoms with Gasteiger partial charge in [0.2, 0.25) is 5.95 Å². The summed E-state index contributed by atoms with van der Waals surface area (Å²) in [5, 5.41) is 10.4. The van der Waals surface area contributed by atoms with Crippen molar-refractivity contribution in [2.45, 2.75) is 13.1 Å². The second-order valence-electron chi connectivity index (χ2n) is 7.14. The van der Waals surface area contributed by atoms with Gasteiger partial charge in [0, 0.05) is 18.5 Å². The lowest BCUT2D eigenvalue weighted by atomic mass is 10.0. The van der Waals surface area contributed by atoms with Gasteiger partial charge in [-0.2, -0.15) is 0 Å². The topological polar surface area (TPSA) is 92.3 Å². The average Bonchev–Trinajstić information content (AvgIpc) is 3.16. The number of rotatable bonds is 2. The van der Waals surface area contributed by atoms with Crippen LogP contribution in [0.2, 0.25) is 0 Å². The first-order valence-electron chi connectivity index (χ1n) is 9.31. The number of phenolic OH excluding ortho intramolecular Hbond substituents is 1. The summed E-state index contributed by atoms with van der Waals surface area (Å²) < 4.78 is 0. The highest BCUT2D eigenvalue weighted by atomic mass is 16.3. The maximum absolute atomic E-state index is 13.3. The number of carbonyl (C=O) groups is 1. The second-order valence-corrected chi connectivity index (χ2v) is 7.14. The third-order valence-corrected chi connectivity index (χ3v) is 5.22. The summed E-state index contributed by atoms with van der Waals surface area (Å²) in [6, 6.07) is 20.6. The Morgan fingerprint density at radius 1 is 0.897 bits per heavy atom. The van der Waals surface area contributed by atoms with Gasteiger partial charge in [-0.15, -0.1) is 0 Å². The molecule has 142 valence electrons. The SMILES string of the molecule is Nc1nc(C(=O)N2Cc3ccccc3C2)c2cc(-c3cccc(O)c3)ccc2n1. The zero-order valence-corrected chi connectivity index (χ0v) is 15.5. The largest absolute Gasteiger partial charge is 0.508 e. The maximum atomic E-state index is 13.3. The summed E-state index contributed by atoms with van der Waals surface area (Å²) in [5.74, 6) is 0.0818. The van der Waals surface area contributed by atoms with E-state index in [2.05, 4.69) is 9.97 Å². The summed E-state index contributed by atoms with van der Waals surface area (Å²) in [6.07, 6.45) is 0. The first kappa shape index (κ1) is 17.2. The predicted molar refractivity (Wildman–Crippen MR) is 111 cm³/mol. The van der Waals surface area contributed by atoms with E-state index in [-0.39, 0.29) is 17.6 Å². The number of fused-ring (bicyclic) bond motifs is 2. The van der Waals surface area contributed by atoms with E-state index in [4.69, 9.17) is 5.73 Å². The van der Waals surface area contributed by atoms with E-state index in [1.165, 1.54) is 0 Å². The van der Waals surface area contributed by atoms with E-state index < -0.39 is 0 Å². The Balaban J connectivity index is 1.59. The molecule has 0 atom stereocenters. The fourth-order valence-electron chi connectivity index (χ4n) is 3.80. The number of nitrogen functional groups attached to an aromatic ring is 1.